The molecule has 0 saturated carbocycles. The van der Waals surface area contributed by atoms with Crippen LogP contribution in [0, 0.1) is 0 Å². The van der Waals surface area contributed by atoms with Crippen LogP contribution in [0.3, 0.4) is 0 Å². The molecule has 5 heavy (non-hydrogen) atoms. The second kappa shape index (κ2) is 0.988. The summed E-state index contributed by atoms with van der Waals surface area (Å²) in [5.74, 6) is 3.08. The number of rotatable bonds is 0. The van der Waals surface area contributed by atoms with Crippen LogP contribution < -0.4 is 5.14 Å². The van der Waals surface area contributed by atoms with Gasteiger partial charge in [0.15, 0.2) is 0 Å². The molecule has 0 aliphatic heterocycles. The van der Waals surface area contributed by atoms with Gasteiger partial charge in [-0.15, -0.1) is 0 Å². The molecule has 0 rings (SSSR count). The highest BCUT2D eigenvalue weighted by Gasteiger charge is 1.68. The van der Waals surface area contributed by atoms with Gasteiger partial charge in [0.1, 0.15) is 0 Å². The van der Waals surface area contributed by atoms with Gasteiger partial charge in [0.05, 0.1) is 0 Å². The molecule has 0 spiro atoms. The van der Waals surface area contributed by atoms with Crippen LogP contribution in [0.25, 0.3) is 0 Å². The zero-order valence-electron chi connectivity index (χ0n) is 3.10. The average Bonchev–Trinajstić information content (AvgIpc) is 0.722. The number of hydrogen-bond donors (Lipinski definition) is 1. The minimum Gasteiger partial charge on any atom is -0.260 e. The first-order chi connectivity index (χ1) is 2.00. The number of nitrogens with two attached hydrogens (primary N) is 1. The van der Waals surface area contributed by atoms with Crippen LogP contribution in [-0.4, -0.2) is 16.3 Å². The van der Waals surface area contributed by atoms with Gasteiger partial charge in [0.2, 0.25) is 0 Å². The summed E-state index contributed by atoms with van der Waals surface area (Å²) in [6.07, 6.45) is 1.38. The lowest BCUT2D eigenvalue weighted by atomic mass is 11.9. The van der Waals surface area contributed by atoms with E-state index in [0.29, 0.717) is 0 Å². The predicted molar refractivity (Wildman–Crippen MR) is 25.4 cm³/mol. The largest absolute Gasteiger partial charge is 0.260 e. The Morgan fingerprint density at radius 3 is 2.00 bits per heavy atom. The van der Waals surface area contributed by atoms with E-state index in [-0.39, 0.29) is 0 Å². The molecule has 0 aromatic carbocycles. The Morgan fingerprint density at radius 2 is 2.00 bits per heavy atom. The van der Waals surface area contributed by atoms with Crippen LogP contribution in [0.15, 0.2) is 0 Å². The zero-order chi connectivity index (χ0) is 4.50. The van der Waals surface area contributed by atoms with Gasteiger partial charge in [-0.2, -0.15) is 0 Å². The third kappa shape index (κ3) is 39000. The van der Waals surface area contributed by atoms with E-state index in [0.717, 1.165) is 0 Å². The first-order valence-electron chi connectivity index (χ1n) is 1.10. The Kier molecular flexibility index (Phi) is 0.984. The van der Waals surface area contributed by atoms with Crippen molar-refractivity contribution in [2.45, 2.75) is 0 Å². The zero-order valence-corrected chi connectivity index (χ0v) is 3.92. The minimum absolute atomic E-state index is 1.38. The van der Waals surface area contributed by atoms with Crippen molar-refractivity contribution in [2.24, 2.45) is 5.14 Å². The van der Waals surface area contributed by atoms with Gasteiger partial charge in [-0.05, 0) is 5.87 Å². The topological polar surface area (TPSA) is 43.1 Å². The van der Waals surface area contributed by atoms with E-state index in [1.54, 1.807) is 0 Å². The fourth-order valence-corrected chi connectivity index (χ4v) is 0. The maximum absolute atomic E-state index is 9.85. The van der Waals surface area contributed by atoms with Crippen molar-refractivity contribution in [1.29, 1.82) is 0 Å². The van der Waals surface area contributed by atoms with Crippen LogP contribution >= 0.6 is 0 Å². The Morgan fingerprint density at radius 1 is 2.00 bits per heavy atom. The molecular formula is C2H7NOS. The van der Waals surface area contributed by atoms with Crippen molar-refractivity contribution in [3.8, 4) is 0 Å². The van der Waals surface area contributed by atoms with Crippen molar-refractivity contribution in [3.63, 3.8) is 0 Å². The maximum atomic E-state index is 9.85. The SMILES string of the molecule is C=S(C)(N)=O. The molecule has 0 aliphatic rings. The molecule has 3 heteroatoms. The summed E-state index contributed by atoms with van der Waals surface area (Å²) >= 11 is 0. The molecule has 0 radical (unpaired) electrons. The van der Waals surface area contributed by atoms with E-state index in [1.165, 1.54) is 6.26 Å². The number of hydrogen-bond acceptors (Lipinski definition) is 1. The van der Waals surface area contributed by atoms with E-state index in [2.05, 4.69) is 5.87 Å². The fourth-order valence-electron chi connectivity index (χ4n) is 0. The monoisotopic (exact) mass is 93.0 g/mol. The van der Waals surface area contributed by atoms with Crippen molar-refractivity contribution >= 4 is 15.6 Å². The molecule has 0 amide bonds. The molecule has 0 aliphatic carbocycles. The van der Waals surface area contributed by atoms with Gasteiger partial charge in [0, 0.05) is 16.0 Å². The summed E-state index contributed by atoms with van der Waals surface area (Å²) in [5.41, 5.74) is 0. The van der Waals surface area contributed by atoms with Gasteiger partial charge < -0.3 is 0 Å². The average molecular weight is 93.2 g/mol. The minimum atomic E-state index is -2.17. The van der Waals surface area contributed by atoms with E-state index >= 15 is 0 Å². The molecule has 2 nitrogen and oxygen atoms in total. The fraction of sp³-hybridized carbons (Fsp3) is 0.500. The molecular weight excluding hydrogens is 86.1 g/mol. The molecule has 0 bridgehead atoms. The summed E-state index contributed by atoms with van der Waals surface area (Å²) in [5, 5.41) is 4.77. The molecule has 2 N–H and O–H groups in total. The highest BCUT2D eigenvalue weighted by Crippen LogP contribution is 1.52. The molecule has 0 fully saturated rings. The Hall–Kier alpha value is -0.0200. The first kappa shape index (κ1) is 4.98. The van der Waals surface area contributed by atoms with Gasteiger partial charge >= 0.3 is 0 Å². The van der Waals surface area contributed by atoms with Crippen LogP contribution in [0.1, 0.15) is 0 Å². The van der Waals surface area contributed by atoms with Gasteiger partial charge in [-0.3, -0.25) is 9.35 Å². The predicted octanol–water partition coefficient (Wildman–Crippen LogP) is -0.794. The summed E-state index contributed by atoms with van der Waals surface area (Å²) in [7, 11) is -2.17. The maximum Gasteiger partial charge on any atom is 0.0194 e. The highest BCUT2D eigenvalue weighted by molar-refractivity contribution is 7.97. The van der Waals surface area contributed by atoms with E-state index < -0.39 is 9.71 Å². The van der Waals surface area contributed by atoms with Crippen LogP contribution in [0.2, 0.25) is 0 Å². The standard InChI is InChI=1S/C2H7NOS/c1-5(2,3)4/h1H2,2H3,(H2,3,4). The first-order valence-corrected chi connectivity index (χ1v) is 3.30. The van der Waals surface area contributed by atoms with E-state index in [4.69, 9.17) is 5.14 Å². The molecule has 1 atom stereocenters. The molecule has 0 aromatic rings. The van der Waals surface area contributed by atoms with Crippen molar-refractivity contribution < 1.29 is 4.21 Å². The lowest BCUT2D eigenvalue weighted by Gasteiger charge is -1.79. The molecule has 0 aromatic heterocycles. The normalized spacial score (nSPS) is 21.2. The summed E-state index contributed by atoms with van der Waals surface area (Å²) < 4.78 is 9.85. The third-order valence-electron chi connectivity index (χ3n) is 0. The van der Waals surface area contributed by atoms with Crippen molar-refractivity contribution in [2.75, 3.05) is 6.26 Å². The Bertz CT molecular complexity index is 92.8. The smallest absolute Gasteiger partial charge is 0.0194 e. The second-order valence-electron chi connectivity index (χ2n) is 1.07. The molecule has 0 saturated heterocycles. The molecule has 0 heterocycles. The van der Waals surface area contributed by atoms with Crippen molar-refractivity contribution in [3.05, 3.63) is 0 Å². The van der Waals surface area contributed by atoms with Crippen LogP contribution in [0.5, 0.6) is 0 Å². The van der Waals surface area contributed by atoms with Crippen LogP contribution in [0.4, 0.5) is 0 Å². The lowest BCUT2D eigenvalue weighted by Crippen LogP contribution is -2.06. The van der Waals surface area contributed by atoms with Gasteiger partial charge in [-0.25, -0.2) is 0 Å². The molecule has 32 valence electrons. The van der Waals surface area contributed by atoms with Crippen molar-refractivity contribution in [1.82, 2.24) is 0 Å². The van der Waals surface area contributed by atoms with Gasteiger partial charge in [0.25, 0.3) is 0 Å². The quantitative estimate of drug-likeness (QED) is 0.392. The lowest BCUT2D eigenvalue weighted by molar-refractivity contribution is 0.686. The van der Waals surface area contributed by atoms with Gasteiger partial charge in [-0.1, -0.05) is 0 Å². The van der Waals surface area contributed by atoms with E-state index in [1.807, 2.05) is 0 Å². The third-order valence-corrected chi connectivity index (χ3v) is 0. The summed E-state index contributed by atoms with van der Waals surface area (Å²) in [4.78, 5) is 0. The molecule has 1 unspecified atom stereocenters. The summed E-state index contributed by atoms with van der Waals surface area (Å²) in [6.45, 7) is 0. The van der Waals surface area contributed by atoms with E-state index in [9.17, 15) is 4.21 Å². The highest BCUT2D eigenvalue weighted by atomic mass is 32.2. The summed E-state index contributed by atoms with van der Waals surface area (Å²) in [6, 6.07) is 0. The Balaban J connectivity index is 4.06. The van der Waals surface area contributed by atoms with Crippen LogP contribution in [-0.2, 0) is 9.71 Å². The second-order valence-corrected chi connectivity index (χ2v) is 3.22. The Labute approximate surface area is 32.1 Å².